The summed E-state index contributed by atoms with van der Waals surface area (Å²) in [6.45, 7) is 3.47. The maximum Gasteiger partial charge on any atom is 0.325 e. The van der Waals surface area contributed by atoms with Gasteiger partial charge in [0.15, 0.2) is 0 Å². The van der Waals surface area contributed by atoms with E-state index in [0.29, 0.717) is 22.9 Å². The minimum absolute atomic E-state index is 0.348. The normalized spacial score (nSPS) is 19.2. The number of methoxy groups -OCH3 is 1. The number of carbonyl (C=O) groups excluding carboxylic acids is 3. The summed E-state index contributed by atoms with van der Waals surface area (Å²) in [6, 6.07) is 4.26. The standard InChI is InChI=1S/C19H26ClN3O4/c1-4-5-6-7-10-19(2)17(25)23(18(26)22-19)12-16(24)21-13-8-9-15(27-3)14(20)11-13/h8-9,11H,4-7,10,12H2,1-3H3,(H,21,24)(H,22,26). The van der Waals surface area contributed by atoms with Gasteiger partial charge in [-0.2, -0.15) is 0 Å². The van der Waals surface area contributed by atoms with Gasteiger partial charge < -0.3 is 15.4 Å². The Kier molecular flexibility index (Phi) is 7.07. The van der Waals surface area contributed by atoms with Gasteiger partial charge in [-0.05, 0) is 31.5 Å². The first-order valence-electron chi connectivity index (χ1n) is 9.08. The SMILES string of the molecule is CCCCCCC1(C)NC(=O)N(CC(=O)Nc2ccc(OC)c(Cl)c2)C1=O. The first-order valence-corrected chi connectivity index (χ1v) is 9.46. The van der Waals surface area contributed by atoms with Gasteiger partial charge in [-0.1, -0.05) is 44.2 Å². The quantitative estimate of drug-likeness (QED) is 0.494. The highest BCUT2D eigenvalue weighted by Gasteiger charge is 2.47. The highest BCUT2D eigenvalue weighted by atomic mass is 35.5. The van der Waals surface area contributed by atoms with Crippen molar-refractivity contribution < 1.29 is 19.1 Å². The molecule has 0 spiro atoms. The number of amides is 4. The van der Waals surface area contributed by atoms with Gasteiger partial charge in [-0.15, -0.1) is 0 Å². The Bertz CT molecular complexity index is 725. The van der Waals surface area contributed by atoms with Crippen LogP contribution >= 0.6 is 11.6 Å². The fourth-order valence-corrected chi connectivity index (χ4v) is 3.31. The Morgan fingerprint density at radius 1 is 1.30 bits per heavy atom. The molecule has 1 heterocycles. The van der Waals surface area contributed by atoms with Crippen LogP contribution in [0.4, 0.5) is 10.5 Å². The van der Waals surface area contributed by atoms with Gasteiger partial charge in [0.1, 0.15) is 17.8 Å². The average molecular weight is 396 g/mol. The third-order valence-corrected chi connectivity index (χ3v) is 4.91. The van der Waals surface area contributed by atoms with Crippen molar-refractivity contribution in [3.8, 4) is 5.75 Å². The molecule has 4 amide bonds. The molecule has 7 nitrogen and oxygen atoms in total. The molecule has 1 aromatic carbocycles. The molecule has 27 heavy (non-hydrogen) atoms. The molecule has 1 aliphatic rings. The maximum atomic E-state index is 12.7. The number of hydrogen-bond donors (Lipinski definition) is 2. The molecule has 1 unspecified atom stereocenters. The zero-order valence-electron chi connectivity index (χ0n) is 15.9. The molecule has 148 valence electrons. The molecule has 1 aromatic rings. The monoisotopic (exact) mass is 395 g/mol. The molecule has 0 saturated carbocycles. The highest BCUT2D eigenvalue weighted by molar-refractivity contribution is 6.32. The van der Waals surface area contributed by atoms with Crippen LogP contribution in [-0.2, 0) is 9.59 Å². The van der Waals surface area contributed by atoms with Crippen LogP contribution in [0.25, 0.3) is 0 Å². The van der Waals surface area contributed by atoms with Crippen molar-refractivity contribution >= 4 is 35.1 Å². The molecule has 1 fully saturated rings. The van der Waals surface area contributed by atoms with Gasteiger partial charge in [0.05, 0.1) is 12.1 Å². The fraction of sp³-hybridized carbons (Fsp3) is 0.526. The van der Waals surface area contributed by atoms with Crippen molar-refractivity contribution in [2.75, 3.05) is 19.0 Å². The molecular weight excluding hydrogens is 370 g/mol. The van der Waals surface area contributed by atoms with Gasteiger partial charge in [-0.25, -0.2) is 4.79 Å². The summed E-state index contributed by atoms with van der Waals surface area (Å²) in [5.41, 5.74) is -0.491. The molecule has 0 aromatic heterocycles. The number of anilines is 1. The van der Waals surface area contributed by atoms with E-state index in [9.17, 15) is 14.4 Å². The maximum absolute atomic E-state index is 12.7. The summed E-state index contributed by atoms with van der Waals surface area (Å²) in [5, 5.41) is 5.71. The van der Waals surface area contributed by atoms with Crippen molar-refractivity contribution in [2.45, 2.75) is 51.5 Å². The van der Waals surface area contributed by atoms with Crippen molar-refractivity contribution in [3.05, 3.63) is 23.2 Å². The predicted octanol–water partition coefficient (Wildman–Crippen LogP) is 3.57. The van der Waals surface area contributed by atoms with Crippen molar-refractivity contribution in [1.29, 1.82) is 0 Å². The molecule has 8 heteroatoms. The third kappa shape index (κ3) is 5.13. The molecule has 2 rings (SSSR count). The number of nitrogens with one attached hydrogen (secondary N) is 2. The fourth-order valence-electron chi connectivity index (χ4n) is 3.05. The topological polar surface area (TPSA) is 87.7 Å². The molecule has 1 atom stereocenters. The second kappa shape index (κ2) is 9.08. The Morgan fingerprint density at radius 3 is 2.67 bits per heavy atom. The number of hydrogen-bond acceptors (Lipinski definition) is 4. The summed E-state index contributed by atoms with van der Waals surface area (Å²) < 4.78 is 5.06. The summed E-state index contributed by atoms with van der Waals surface area (Å²) in [6.07, 6.45) is 4.60. The predicted molar refractivity (Wildman–Crippen MR) is 104 cm³/mol. The number of benzene rings is 1. The number of ether oxygens (including phenoxy) is 1. The van der Waals surface area contributed by atoms with Crippen LogP contribution in [0.2, 0.25) is 5.02 Å². The van der Waals surface area contributed by atoms with E-state index in [0.717, 1.165) is 30.6 Å². The summed E-state index contributed by atoms with van der Waals surface area (Å²) in [5.74, 6) is -0.357. The zero-order chi connectivity index (χ0) is 20.0. The van der Waals surface area contributed by atoms with Crippen molar-refractivity contribution in [3.63, 3.8) is 0 Å². The average Bonchev–Trinajstić information content (AvgIpc) is 2.82. The van der Waals surface area contributed by atoms with Crippen LogP contribution in [0.5, 0.6) is 5.75 Å². The molecular formula is C19H26ClN3O4. The van der Waals surface area contributed by atoms with Gasteiger partial charge >= 0.3 is 6.03 Å². The number of imide groups is 1. The van der Waals surface area contributed by atoms with Crippen LogP contribution in [0, 0.1) is 0 Å². The second-order valence-corrected chi connectivity index (χ2v) is 7.27. The molecule has 0 bridgehead atoms. The van der Waals surface area contributed by atoms with Gasteiger partial charge in [-0.3, -0.25) is 14.5 Å². The lowest BCUT2D eigenvalue weighted by Gasteiger charge is -2.21. The molecule has 0 aliphatic carbocycles. The van der Waals surface area contributed by atoms with Crippen LogP contribution in [0.1, 0.15) is 46.0 Å². The Hall–Kier alpha value is -2.28. The van der Waals surface area contributed by atoms with E-state index >= 15 is 0 Å². The lowest BCUT2D eigenvalue weighted by molar-refractivity contribution is -0.133. The minimum Gasteiger partial charge on any atom is -0.495 e. The van der Waals surface area contributed by atoms with E-state index < -0.39 is 17.5 Å². The Morgan fingerprint density at radius 2 is 2.04 bits per heavy atom. The number of halogens is 1. The van der Waals surface area contributed by atoms with Crippen molar-refractivity contribution in [1.82, 2.24) is 10.2 Å². The van der Waals surface area contributed by atoms with Crippen LogP contribution in [0.3, 0.4) is 0 Å². The third-order valence-electron chi connectivity index (χ3n) is 4.61. The van der Waals surface area contributed by atoms with E-state index in [-0.39, 0.29) is 12.5 Å². The molecule has 2 N–H and O–H groups in total. The summed E-state index contributed by atoms with van der Waals surface area (Å²) in [4.78, 5) is 38.1. The van der Waals surface area contributed by atoms with E-state index in [4.69, 9.17) is 16.3 Å². The first kappa shape index (κ1) is 21.0. The summed E-state index contributed by atoms with van der Waals surface area (Å²) in [7, 11) is 1.50. The van der Waals surface area contributed by atoms with E-state index in [1.807, 2.05) is 0 Å². The van der Waals surface area contributed by atoms with Crippen molar-refractivity contribution in [2.24, 2.45) is 0 Å². The minimum atomic E-state index is -0.950. The van der Waals surface area contributed by atoms with Crippen LogP contribution in [-0.4, -0.2) is 41.9 Å². The zero-order valence-corrected chi connectivity index (χ0v) is 16.7. The van der Waals surface area contributed by atoms with E-state index in [1.165, 1.54) is 7.11 Å². The number of carbonyl (C=O) groups is 3. The molecule has 1 aliphatic heterocycles. The Labute approximate surface area is 164 Å². The lowest BCUT2D eigenvalue weighted by Crippen LogP contribution is -2.44. The van der Waals surface area contributed by atoms with E-state index in [2.05, 4.69) is 17.6 Å². The lowest BCUT2D eigenvalue weighted by atomic mass is 9.94. The second-order valence-electron chi connectivity index (χ2n) is 6.86. The highest BCUT2D eigenvalue weighted by Crippen LogP contribution is 2.27. The van der Waals surface area contributed by atoms with Crippen LogP contribution < -0.4 is 15.4 Å². The number of rotatable bonds is 9. The van der Waals surface area contributed by atoms with E-state index in [1.54, 1.807) is 25.1 Å². The van der Waals surface area contributed by atoms with Gasteiger partial charge in [0.25, 0.3) is 5.91 Å². The Balaban J connectivity index is 1.95. The number of nitrogens with zero attached hydrogens (tertiary/aromatic N) is 1. The first-order chi connectivity index (χ1) is 12.8. The van der Waals surface area contributed by atoms with Crippen LogP contribution in [0.15, 0.2) is 18.2 Å². The number of urea groups is 1. The van der Waals surface area contributed by atoms with Gasteiger partial charge in [0, 0.05) is 5.69 Å². The molecule has 0 radical (unpaired) electrons. The smallest absolute Gasteiger partial charge is 0.325 e. The largest absolute Gasteiger partial charge is 0.495 e. The van der Waals surface area contributed by atoms with Gasteiger partial charge in [0.2, 0.25) is 5.91 Å². The summed E-state index contributed by atoms with van der Waals surface area (Å²) >= 11 is 6.03. The molecule has 1 saturated heterocycles. The number of unbranched alkanes of at least 4 members (excludes halogenated alkanes) is 3.